The van der Waals surface area contributed by atoms with Crippen molar-refractivity contribution in [3.63, 3.8) is 0 Å². The van der Waals surface area contributed by atoms with Gasteiger partial charge in [0.1, 0.15) is 6.04 Å². The van der Waals surface area contributed by atoms with Crippen LogP contribution in [0.5, 0.6) is 0 Å². The molecule has 1 unspecified atom stereocenters. The molecule has 6 heteroatoms. The quantitative estimate of drug-likeness (QED) is 0.859. The van der Waals surface area contributed by atoms with Crippen molar-refractivity contribution < 1.29 is 14.7 Å². The second-order valence-corrected chi connectivity index (χ2v) is 5.98. The van der Waals surface area contributed by atoms with Crippen LogP contribution < -0.4 is 4.90 Å². The summed E-state index contributed by atoms with van der Waals surface area (Å²) in [5.41, 5.74) is 1.99. The van der Waals surface area contributed by atoms with Crippen molar-refractivity contribution in [2.45, 2.75) is 6.04 Å². The Labute approximate surface area is 128 Å². The first kappa shape index (κ1) is 15.4. The highest BCUT2D eigenvalue weighted by molar-refractivity contribution is 7.99. The minimum atomic E-state index is -0.947. The molecule has 0 spiro atoms. The maximum atomic E-state index is 12.1. The van der Waals surface area contributed by atoms with Crippen LogP contribution in [0.1, 0.15) is 5.56 Å². The molecule has 1 aliphatic rings. The fourth-order valence-corrected chi connectivity index (χ4v) is 3.17. The van der Waals surface area contributed by atoms with Crippen molar-refractivity contribution in [1.29, 1.82) is 0 Å². The molecule has 2 rings (SSSR count). The van der Waals surface area contributed by atoms with Gasteiger partial charge in [0, 0.05) is 31.6 Å². The predicted octanol–water partition coefficient (Wildman–Crippen LogP) is 1.75. The molecule has 0 bridgehead atoms. The standard InChI is InChI=1S/C15H18N2O3S/c1-16(2)12-6-3-11(4-7-12)5-8-14(18)17-10-21-9-13(17)15(19)20/h3-8,13H,9-10H2,1-2H3,(H,19,20)/b8-5+. The highest BCUT2D eigenvalue weighted by Gasteiger charge is 2.33. The number of rotatable bonds is 4. The lowest BCUT2D eigenvalue weighted by atomic mass is 10.2. The Hall–Kier alpha value is -1.95. The maximum absolute atomic E-state index is 12.1. The molecule has 1 amide bonds. The van der Waals surface area contributed by atoms with Gasteiger partial charge >= 0.3 is 5.97 Å². The Morgan fingerprint density at radius 2 is 2.00 bits per heavy atom. The van der Waals surface area contributed by atoms with E-state index >= 15 is 0 Å². The Morgan fingerprint density at radius 1 is 1.33 bits per heavy atom. The third-order valence-electron chi connectivity index (χ3n) is 3.28. The fraction of sp³-hybridized carbons (Fsp3) is 0.333. The second-order valence-electron chi connectivity index (χ2n) is 4.98. The summed E-state index contributed by atoms with van der Waals surface area (Å²) in [5, 5.41) is 9.06. The smallest absolute Gasteiger partial charge is 0.327 e. The molecule has 21 heavy (non-hydrogen) atoms. The number of aliphatic carboxylic acids is 1. The zero-order valence-corrected chi connectivity index (χ0v) is 12.8. The van der Waals surface area contributed by atoms with Crippen LogP contribution in [0.2, 0.25) is 0 Å². The van der Waals surface area contributed by atoms with Gasteiger partial charge < -0.3 is 14.9 Å². The number of hydrogen-bond donors (Lipinski definition) is 1. The summed E-state index contributed by atoms with van der Waals surface area (Å²) >= 11 is 1.46. The second kappa shape index (κ2) is 6.67. The van der Waals surface area contributed by atoms with Crippen LogP contribution >= 0.6 is 11.8 Å². The zero-order valence-electron chi connectivity index (χ0n) is 12.0. The van der Waals surface area contributed by atoms with E-state index in [1.54, 1.807) is 6.08 Å². The number of nitrogens with zero attached hydrogens (tertiary/aromatic N) is 2. The summed E-state index contributed by atoms with van der Waals surface area (Å²) in [4.78, 5) is 26.5. The van der Waals surface area contributed by atoms with Crippen molar-refractivity contribution in [2.75, 3.05) is 30.6 Å². The van der Waals surface area contributed by atoms with Gasteiger partial charge in [0.05, 0.1) is 5.88 Å². The number of anilines is 1. The molecule has 0 aromatic heterocycles. The van der Waals surface area contributed by atoms with Crippen LogP contribution in [0.25, 0.3) is 6.08 Å². The Balaban J connectivity index is 2.03. The van der Waals surface area contributed by atoms with Gasteiger partial charge in [-0.25, -0.2) is 4.79 Å². The van der Waals surface area contributed by atoms with Gasteiger partial charge in [-0.3, -0.25) is 4.79 Å². The Kier molecular flexibility index (Phi) is 4.90. The topological polar surface area (TPSA) is 60.9 Å². The highest BCUT2D eigenvalue weighted by Crippen LogP contribution is 2.21. The lowest BCUT2D eigenvalue weighted by Gasteiger charge is -2.18. The minimum Gasteiger partial charge on any atom is -0.480 e. The number of benzene rings is 1. The van der Waals surface area contributed by atoms with Gasteiger partial charge in [-0.05, 0) is 23.8 Å². The molecule has 0 saturated carbocycles. The van der Waals surface area contributed by atoms with E-state index < -0.39 is 12.0 Å². The van der Waals surface area contributed by atoms with Crippen molar-refractivity contribution >= 4 is 35.4 Å². The van der Waals surface area contributed by atoms with Crippen LogP contribution in [0.15, 0.2) is 30.3 Å². The van der Waals surface area contributed by atoms with Gasteiger partial charge in [-0.2, -0.15) is 0 Å². The zero-order chi connectivity index (χ0) is 15.4. The van der Waals surface area contributed by atoms with Crippen LogP contribution in [-0.4, -0.2) is 53.6 Å². The van der Waals surface area contributed by atoms with E-state index in [0.29, 0.717) is 11.6 Å². The normalized spacial score (nSPS) is 18.2. The number of carboxylic acid groups (broad SMARTS) is 1. The van der Waals surface area contributed by atoms with E-state index in [4.69, 9.17) is 5.11 Å². The number of carboxylic acids is 1. The van der Waals surface area contributed by atoms with Crippen molar-refractivity contribution in [3.05, 3.63) is 35.9 Å². The number of hydrogen-bond acceptors (Lipinski definition) is 4. The van der Waals surface area contributed by atoms with E-state index in [2.05, 4.69) is 0 Å². The third kappa shape index (κ3) is 3.78. The van der Waals surface area contributed by atoms with E-state index in [9.17, 15) is 9.59 Å². The summed E-state index contributed by atoms with van der Waals surface area (Å²) < 4.78 is 0. The number of amides is 1. The first-order valence-corrected chi connectivity index (χ1v) is 7.71. The summed E-state index contributed by atoms with van der Waals surface area (Å²) in [7, 11) is 3.93. The molecule has 1 aromatic carbocycles. The highest BCUT2D eigenvalue weighted by atomic mass is 32.2. The van der Waals surface area contributed by atoms with Gasteiger partial charge in [0.15, 0.2) is 0 Å². The van der Waals surface area contributed by atoms with Crippen LogP contribution in [0, 0.1) is 0 Å². The van der Waals surface area contributed by atoms with Gasteiger partial charge in [0.2, 0.25) is 5.91 Å². The average molecular weight is 306 g/mol. The lowest BCUT2D eigenvalue weighted by Crippen LogP contribution is -2.40. The van der Waals surface area contributed by atoms with Gasteiger partial charge in [-0.1, -0.05) is 12.1 Å². The third-order valence-corrected chi connectivity index (χ3v) is 4.29. The van der Waals surface area contributed by atoms with Crippen molar-refractivity contribution in [1.82, 2.24) is 4.90 Å². The molecule has 0 aliphatic carbocycles. The molecule has 5 nitrogen and oxygen atoms in total. The molecular weight excluding hydrogens is 288 g/mol. The SMILES string of the molecule is CN(C)c1ccc(/C=C/C(=O)N2CSCC2C(=O)O)cc1. The number of carbonyl (C=O) groups excluding carboxylic acids is 1. The first-order valence-electron chi connectivity index (χ1n) is 6.55. The van der Waals surface area contributed by atoms with Crippen LogP contribution in [0.3, 0.4) is 0 Å². The molecule has 1 aromatic rings. The van der Waals surface area contributed by atoms with E-state index in [1.807, 2.05) is 43.3 Å². The van der Waals surface area contributed by atoms with E-state index in [0.717, 1.165) is 11.3 Å². The molecular formula is C15H18N2O3S. The number of carbonyl (C=O) groups is 2. The lowest BCUT2D eigenvalue weighted by molar-refractivity contribution is -0.146. The Bertz CT molecular complexity index is 555. The van der Waals surface area contributed by atoms with Gasteiger partial charge in [0.25, 0.3) is 0 Å². The Morgan fingerprint density at radius 3 is 2.57 bits per heavy atom. The van der Waals surface area contributed by atoms with Crippen molar-refractivity contribution in [2.24, 2.45) is 0 Å². The molecule has 1 atom stereocenters. The largest absolute Gasteiger partial charge is 0.480 e. The molecule has 0 radical (unpaired) electrons. The van der Waals surface area contributed by atoms with Crippen LogP contribution in [0.4, 0.5) is 5.69 Å². The summed E-state index contributed by atoms with van der Waals surface area (Å²) in [6, 6.07) is 7.06. The van der Waals surface area contributed by atoms with E-state index in [1.165, 1.54) is 22.7 Å². The molecule has 1 saturated heterocycles. The minimum absolute atomic E-state index is 0.260. The molecule has 1 N–H and O–H groups in total. The summed E-state index contributed by atoms with van der Waals surface area (Å²) in [6.45, 7) is 0. The van der Waals surface area contributed by atoms with Gasteiger partial charge in [-0.15, -0.1) is 11.8 Å². The van der Waals surface area contributed by atoms with Crippen LogP contribution in [-0.2, 0) is 9.59 Å². The summed E-state index contributed by atoms with van der Waals surface area (Å²) in [5.74, 6) is -0.326. The fourth-order valence-electron chi connectivity index (χ4n) is 2.01. The number of thioether (sulfide) groups is 1. The molecule has 1 heterocycles. The first-order chi connectivity index (χ1) is 9.99. The average Bonchev–Trinajstić information content (AvgIpc) is 2.95. The maximum Gasteiger partial charge on any atom is 0.327 e. The summed E-state index contributed by atoms with van der Waals surface area (Å²) in [6.07, 6.45) is 3.15. The molecule has 1 fully saturated rings. The molecule has 1 aliphatic heterocycles. The predicted molar refractivity (Wildman–Crippen MR) is 85.4 cm³/mol. The van der Waals surface area contributed by atoms with Crippen molar-refractivity contribution in [3.8, 4) is 0 Å². The molecule has 112 valence electrons. The van der Waals surface area contributed by atoms with E-state index in [-0.39, 0.29) is 5.91 Å². The monoisotopic (exact) mass is 306 g/mol.